The van der Waals surface area contributed by atoms with Crippen LogP contribution in [0.1, 0.15) is 179 Å². The van der Waals surface area contributed by atoms with Gasteiger partial charge in [-0.05, 0) is 40.9 Å². The Balaban J connectivity index is -0.0000000642. The molecule has 46 heavy (non-hydrogen) atoms. The first-order valence-electron chi connectivity index (χ1n) is 17.3. The number of hydrogen-bond donors (Lipinski definition) is 3. The van der Waals surface area contributed by atoms with Gasteiger partial charge in [0.05, 0.1) is 0 Å². The van der Waals surface area contributed by atoms with Gasteiger partial charge < -0.3 is 25.9 Å². The normalized spacial score (nSPS) is 10.1. The van der Waals surface area contributed by atoms with E-state index in [0.717, 1.165) is 39.7 Å². The number of rotatable bonds is 12. The summed E-state index contributed by atoms with van der Waals surface area (Å²) in [5.74, 6) is 0. The summed E-state index contributed by atoms with van der Waals surface area (Å²) < 4.78 is 8.25. The Morgan fingerprint density at radius 1 is 0.478 bits per heavy atom. The second-order valence-corrected chi connectivity index (χ2v) is 16.0. The Bertz CT molecular complexity index is 448. The molecule has 4 nitrogen and oxygen atoms in total. The molecule has 0 spiro atoms. The van der Waals surface area contributed by atoms with E-state index in [1.165, 1.54) is 89.2 Å². The van der Waals surface area contributed by atoms with E-state index < -0.39 is 0 Å². The van der Waals surface area contributed by atoms with Crippen LogP contribution in [0.5, 0.6) is 0 Å². The van der Waals surface area contributed by atoms with E-state index in [0.29, 0.717) is 16.2 Å². The van der Waals surface area contributed by atoms with E-state index in [1.54, 1.807) is 0 Å². The zero-order valence-corrected chi connectivity index (χ0v) is 35.2. The predicted octanol–water partition coefficient (Wildman–Crippen LogP) is 14.4. The van der Waals surface area contributed by atoms with Gasteiger partial charge in [0.2, 0.25) is 0 Å². The van der Waals surface area contributed by atoms with E-state index in [2.05, 4.69) is 110 Å². The maximum absolute atomic E-state index is 8.40. The molecule has 0 fully saturated rings. The third-order valence-electron chi connectivity index (χ3n) is 5.50. The molecule has 0 aromatic rings. The first-order valence-corrected chi connectivity index (χ1v) is 17.9. The molecule has 0 saturated heterocycles. The minimum absolute atomic E-state index is 0.0972. The Hall–Kier alpha value is -0.386. The van der Waals surface area contributed by atoms with Crippen molar-refractivity contribution in [3.8, 4) is 0 Å². The SMILES string of the molecule is C=C[CH2-].C=C[CH2-].CC(C)(C)CO.OO.[CH2-]CCCCCC(C)(C)C.[CH2-]CCCCCC(C)(C)C.[CH2-]CCCCCC(C)(C)C.[O]=[Ti]. The van der Waals surface area contributed by atoms with Gasteiger partial charge in [0.15, 0.2) is 0 Å². The number of hydrogen-bond acceptors (Lipinski definition) is 4. The van der Waals surface area contributed by atoms with Crippen LogP contribution in [0.3, 0.4) is 0 Å². The van der Waals surface area contributed by atoms with E-state index >= 15 is 0 Å². The van der Waals surface area contributed by atoms with E-state index in [1.807, 2.05) is 20.8 Å². The molecule has 0 aliphatic rings. The molecule has 0 amide bonds. The van der Waals surface area contributed by atoms with Crippen LogP contribution < -0.4 is 0 Å². The van der Waals surface area contributed by atoms with Gasteiger partial charge in [-0.1, -0.05) is 141 Å². The molecule has 0 atom stereocenters. The molecule has 3 N–H and O–H groups in total. The number of aliphatic hydroxyl groups excluding tert-OH is 1. The van der Waals surface area contributed by atoms with Crippen molar-refractivity contribution in [1.82, 2.24) is 0 Å². The Morgan fingerprint density at radius 3 is 0.717 bits per heavy atom. The first-order chi connectivity index (χ1) is 21.1. The fraction of sp³-hybridized carbons (Fsp3) is 0.780. The van der Waals surface area contributed by atoms with Crippen molar-refractivity contribution in [2.24, 2.45) is 21.7 Å². The quantitative estimate of drug-likeness (QED) is 0.0626. The molecule has 0 aliphatic heterocycles. The fourth-order valence-corrected chi connectivity index (χ4v) is 3.03. The molecule has 0 unspecified atom stereocenters. The number of allylic oxidation sites excluding steroid dienone is 2. The summed E-state index contributed by atoms with van der Waals surface area (Å²) in [6.45, 7) is 51.4. The molecule has 0 aliphatic carbocycles. The summed E-state index contributed by atoms with van der Waals surface area (Å²) in [6.07, 6.45) is 22.5. The number of unbranched alkanes of at least 4 members (excludes halogenated alkanes) is 9. The summed E-state index contributed by atoms with van der Waals surface area (Å²) in [5.41, 5.74) is 1.68. The second kappa shape index (κ2) is 49.0. The Morgan fingerprint density at radius 2 is 0.630 bits per heavy atom. The third-order valence-corrected chi connectivity index (χ3v) is 5.50. The number of aliphatic hydroxyl groups is 1. The van der Waals surface area contributed by atoms with Crippen molar-refractivity contribution in [2.45, 2.75) is 179 Å². The molecule has 0 rings (SSSR count). The van der Waals surface area contributed by atoms with Gasteiger partial charge in [0, 0.05) is 6.61 Å². The third kappa shape index (κ3) is 142. The van der Waals surface area contributed by atoms with Crippen LogP contribution in [0.2, 0.25) is 0 Å². The van der Waals surface area contributed by atoms with Crippen LogP contribution in [-0.4, -0.2) is 22.2 Å². The first kappa shape index (κ1) is 64.2. The van der Waals surface area contributed by atoms with Gasteiger partial charge in [0.25, 0.3) is 0 Å². The van der Waals surface area contributed by atoms with Crippen molar-refractivity contribution in [2.75, 3.05) is 6.61 Å². The van der Waals surface area contributed by atoms with Gasteiger partial charge in [-0.25, -0.2) is 39.2 Å². The topological polar surface area (TPSA) is 77.8 Å². The molecule has 284 valence electrons. The summed E-state index contributed by atoms with van der Waals surface area (Å²) in [5, 5.41) is 20.4. The van der Waals surface area contributed by atoms with Crippen LogP contribution in [0.4, 0.5) is 0 Å². The molecule has 0 aromatic carbocycles. The molecular weight excluding hydrogens is 604 g/mol. The van der Waals surface area contributed by atoms with Crippen molar-refractivity contribution in [3.05, 3.63) is 59.9 Å². The average molecular weight is 692 g/mol. The van der Waals surface area contributed by atoms with Gasteiger partial charge >= 0.3 is 23.7 Å². The zero-order chi connectivity index (χ0) is 38.7. The zero-order valence-electron chi connectivity index (χ0n) is 33.7. The van der Waals surface area contributed by atoms with Crippen molar-refractivity contribution < 1.29 is 39.3 Å². The summed E-state index contributed by atoms with van der Waals surface area (Å²) >= 11 is 0.750. The van der Waals surface area contributed by atoms with Gasteiger partial charge in [0.1, 0.15) is 0 Å². The van der Waals surface area contributed by atoms with E-state index in [4.69, 9.17) is 18.9 Å². The maximum atomic E-state index is 8.40. The molecular formula is C41H87O4Ti-5. The van der Waals surface area contributed by atoms with Crippen molar-refractivity contribution >= 4 is 0 Å². The predicted molar refractivity (Wildman–Crippen MR) is 207 cm³/mol. The molecule has 0 heterocycles. The second-order valence-electron chi connectivity index (χ2n) is 16.0. The summed E-state index contributed by atoms with van der Waals surface area (Å²) in [7, 11) is 0. The van der Waals surface area contributed by atoms with Gasteiger partial charge in [-0.15, -0.1) is 0 Å². The fourth-order valence-electron chi connectivity index (χ4n) is 3.03. The summed E-state index contributed by atoms with van der Waals surface area (Å²) in [6, 6.07) is 0. The van der Waals surface area contributed by atoms with Gasteiger partial charge in [-0.2, -0.15) is 19.3 Å². The van der Waals surface area contributed by atoms with E-state index in [9.17, 15) is 0 Å². The van der Waals surface area contributed by atoms with Gasteiger partial charge in [-0.3, -0.25) is 10.5 Å². The van der Waals surface area contributed by atoms with Crippen LogP contribution in [0.15, 0.2) is 25.3 Å². The van der Waals surface area contributed by atoms with Crippen LogP contribution in [0, 0.1) is 56.3 Å². The average Bonchev–Trinajstić information content (AvgIpc) is 2.94. The molecule has 0 aromatic heterocycles. The minimum atomic E-state index is 0.0972. The molecule has 5 heteroatoms. The van der Waals surface area contributed by atoms with E-state index in [-0.39, 0.29) is 12.0 Å². The molecule has 0 saturated carbocycles. The monoisotopic (exact) mass is 692 g/mol. The van der Waals surface area contributed by atoms with Crippen LogP contribution in [0.25, 0.3) is 0 Å². The van der Waals surface area contributed by atoms with Crippen LogP contribution >= 0.6 is 0 Å². The Kier molecular flexibility index (Phi) is 68.4. The van der Waals surface area contributed by atoms with Crippen molar-refractivity contribution in [3.63, 3.8) is 0 Å². The summed E-state index contributed by atoms with van der Waals surface area (Å²) in [4.78, 5) is 0. The van der Waals surface area contributed by atoms with Crippen molar-refractivity contribution in [1.29, 1.82) is 0 Å². The Labute approximate surface area is 305 Å². The molecule has 0 bridgehead atoms. The molecule has 0 radical (unpaired) electrons. The van der Waals surface area contributed by atoms with Crippen LogP contribution in [-0.2, 0) is 23.7 Å². The standard InChI is InChI=1S/3C10H21.C5H12O.2C3H5.H2O2.O.Ti/c3*1-5-6-7-8-9-10(2,3)4;1-5(2,3)4-6;2*1-3-2;1-2;;/h3*1,5-9H2,2-4H3;6H,4H2,1-3H3;2*3H,1-2H2;1-2H;;/q3*-1;;2*-1;;;.